The van der Waals surface area contributed by atoms with Crippen molar-refractivity contribution in [3.05, 3.63) is 0 Å². The zero-order chi connectivity index (χ0) is 15.3. The van der Waals surface area contributed by atoms with Crippen molar-refractivity contribution in [2.45, 2.75) is 89.2 Å². The van der Waals surface area contributed by atoms with Gasteiger partial charge in [-0.1, -0.05) is 64.7 Å². The number of rotatable bonds is 14. The molecule has 0 spiro atoms. The number of aliphatic hydroxyl groups excluding tert-OH is 1. The number of aliphatic hydroxyl groups is 1. The van der Waals surface area contributed by atoms with Crippen molar-refractivity contribution in [1.29, 1.82) is 0 Å². The number of hydrogen-bond acceptors (Lipinski definition) is 3. The highest BCUT2D eigenvalue weighted by Gasteiger charge is 2.21. The Morgan fingerprint density at radius 1 is 0.800 bits per heavy atom. The van der Waals surface area contributed by atoms with Gasteiger partial charge in [-0.15, -0.1) is 0 Å². The van der Waals surface area contributed by atoms with E-state index < -0.39 is 15.4 Å². The van der Waals surface area contributed by atoms with Gasteiger partial charge < -0.3 is 5.11 Å². The molecule has 0 saturated carbocycles. The van der Waals surface area contributed by atoms with Gasteiger partial charge in [0.2, 0.25) is 0 Å². The molecule has 20 heavy (non-hydrogen) atoms. The van der Waals surface area contributed by atoms with Crippen LogP contribution in [0.4, 0.5) is 0 Å². The van der Waals surface area contributed by atoms with Crippen molar-refractivity contribution in [3.63, 3.8) is 0 Å². The van der Waals surface area contributed by atoms with E-state index in [1.807, 2.05) is 0 Å². The predicted molar refractivity (Wildman–Crippen MR) is 83.5 cm³/mol. The fraction of sp³-hybridized carbons (Fsp3) is 1.00. The van der Waals surface area contributed by atoms with E-state index in [0.29, 0.717) is 12.8 Å². The van der Waals surface area contributed by atoms with Crippen LogP contribution in [0.5, 0.6) is 0 Å². The van der Waals surface area contributed by atoms with E-state index in [9.17, 15) is 13.0 Å². The fourth-order valence-corrected chi connectivity index (χ4v) is 3.36. The molecular formula is C15H32O4S. The molecule has 122 valence electrons. The average Bonchev–Trinajstić information content (AvgIpc) is 2.38. The minimum absolute atomic E-state index is 0.194. The first-order valence-electron chi connectivity index (χ1n) is 8.09. The van der Waals surface area contributed by atoms with Crippen molar-refractivity contribution in [1.82, 2.24) is 0 Å². The lowest BCUT2D eigenvalue weighted by Crippen LogP contribution is -2.20. The first kappa shape index (κ1) is 19.9. The second-order valence-electron chi connectivity index (χ2n) is 5.62. The molecular weight excluding hydrogens is 276 g/mol. The summed E-state index contributed by atoms with van der Waals surface area (Å²) in [6, 6.07) is 0. The summed E-state index contributed by atoms with van der Waals surface area (Å²) in [6.45, 7) is 2.37. The Kier molecular flexibility index (Phi) is 12.5. The molecule has 0 radical (unpaired) electrons. The third kappa shape index (κ3) is 11.7. The van der Waals surface area contributed by atoms with Crippen LogP contribution in [0.1, 0.15) is 84.0 Å². The Morgan fingerprint density at radius 3 is 1.70 bits per heavy atom. The zero-order valence-electron chi connectivity index (χ0n) is 12.9. The summed E-state index contributed by atoms with van der Waals surface area (Å²) in [5.41, 5.74) is 0. The third-order valence-electron chi connectivity index (χ3n) is 3.74. The van der Waals surface area contributed by atoms with Gasteiger partial charge >= 0.3 is 0 Å². The summed E-state index contributed by atoms with van der Waals surface area (Å²) in [5.74, 6) is 0. The van der Waals surface area contributed by atoms with E-state index in [1.54, 1.807) is 0 Å². The summed E-state index contributed by atoms with van der Waals surface area (Å²) in [4.78, 5) is 0. The summed E-state index contributed by atoms with van der Waals surface area (Å²) in [6.07, 6.45) is 11.3. The molecule has 0 aromatic carbocycles. The highest BCUT2D eigenvalue weighted by Crippen LogP contribution is 2.18. The third-order valence-corrected chi connectivity index (χ3v) is 5.05. The van der Waals surface area contributed by atoms with Gasteiger partial charge in [0.05, 0.1) is 5.25 Å². The highest BCUT2D eigenvalue weighted by atomic mass is 32.2. The lowest BCUT2D eigenvalue weighted by Gasteiger charge is -2.13. The molecule has 1 unspecified atom stereocenters. The fourth-order valence-electron chi connectivity index (χ4n) is 2.43. The molecule has 0 aliphatic rings. The summed E-state index contributed by atoms with van der Waals surface area (Å²) in [7, 11) is -3.90. The second-order valence-corrected chi connectivity index (χ2v) is 7.32. The van der Waals surface area contributed by atoms with Gasteiger partial charge in [-0.3, -0.25) is 4.55 Å². The van der Waals surface area contributed by atoms with Crippen LogP contribution >= 0.6 is 0 Å². The van der Waals surface area contributed by atoms with Crippen molar-refractivity contribution >= 4 is 10.1 Å². The summed E-state index contributed by atoms with van der Waals surface area (Å²) >= 11 is 0. The van der Waals surface area contributed by atoms with Crippen LogP contribution in [-0.4, -0.2) is 29.9 Å². The van der Waals surface area contributed by atoms with E-state index in [0.717, 1.165) is 44.9 Å². The van der Waals surface area contributed by atoms with Crippen LogP contribution in [-0.2, 0) is 10.1 Å². The molecule has 0 saturated heterocycles. The van der Waals surface area contributed by atoms with E-state index in [4.69, 9.17) is 5.11 Å². The van der Waals surface area contributed by atoms with E-state index in [1.165, 1.54) is 19.3 Å². The molecule has 0 aliphatic carbocycles. The zero-order valence-corrected chi connectivity index (χ0v) is 13.7. The van der Waals surface area contributed by atoms with E-state index >= 15 is 0 Å². The van der Waals surface area contributed by atoms with Crippen LogP contribution in [0.2, 0.25) is 0 Å². The van der Waals surface area contributed by atoms with Crippen LogP contribution < -0.4 is 0 Å². The van der Waals surface area contributed by atoms with Gasteiger partial charge in [0.15, 0.2) is 0 Å². The lowest BCUT2D eigenvalue weighted by molar-refractivity contribution is 0.282. The normalized spacial score (nSPS) is 13.6. The van der Waals surface area contributed by atoms with Gasteiger partial charge in [0.25, 0.3) is 10.1 Å². The molecule has 0 amide bonds. The average molecular weight is 308 g/mol. The minimum atomic E-state index is -3.90. The maximum Gasteiger partial charge on any atom is 0.267 e. The standard InChI is InChI=1S/C15H32O4S/c1-2-3-4-5-6-9-12-15(20(17,18)19)13-10-7-8-11-14-16/h15-16H,2-14H2,1H3,(H,17,18,19). The monoisotopic (exact) mass is 308 g/mol. The molecule has 2 N–H and O–H groups in total. The summed E-state index contributed by atoms with van der Waals surface area (Å²) < 4.78 is 31.9. The maximum absolute atomic E-state index is 11.3. The molecule has 0 aromatic heterocycles. The highest BCUT2D eigenvalue weighted by molar-refractivity contribution is 7.86. The Morgan fingerprint density at radius 2 is 1.25 bits per heavy atom. The molecule has 0 fully saturated rings. The lowest BCUT2D eigenvalue weighted by atomic mass is 10.0. The largest absolute Gasteiger partial charge is 0.396 e. The second kappa shape index (κ2) is 12.6. The molecule has 1 atom stereocenters. The smallest absolute Gasteiger partial charge is 0.267 e. The molecule has 0 aliphatic heterocycles. The first-order chi connectivity index (χ1) is 9.52. The number of unbranched alkanes of at least 4 members (excludes halogenated alkanes) is 8. The van der Waals surface area contributed by atoms with Crippen LogP contribution in [0, 0.1) is 0 Å². The number of hydrogen-bond donors (Lipinski definition) is 2. The molecule has 0 bridgehead atoms. The molecule has 4 nitrogen and oxygen atoms in total. The van der Waals surface area contributed by atoms with Gasteiger partial charge in [-0.05, 0) is 19.3 Å². The Hall–Kier alpha value is -0.130. The Bertz CT molecular complexity index is 301. The van der Waals surface area contributed by atoms with Gasteiger partial charge in [0, 0.05) is 6.61 Å². The van der Waals surface area contributed by atoms with Crippen molar-refractivity contribution < 1.29 is 18.1 Å². The quantitative estimate of drug-likeness (QED) is 0.376. The Balaban J connectivity index is 3.81. The Labute approximate surface area is 124 Å². The maximum atomic E-state index is 11.3. The molecule has 0 rings (SSSR count). The molecule has 5 heteroatoms. The van der Waals surface area contributed by atoms with Gasteiger partial charge in [-0.2, -0.15) is 8.42 Å². The minimum Gasteiger partial charge on any atom is -0.396 e. The van der Waals surface area contributed by atoms with Crippen LogP contribution in [0.3, 0.4) is 0 Å². The van der Waals surface area contributed by atoms with E-state index in [2.05, 4.69) is 6.92 Å². The van der Waals surface area contributed by atoms with Crippen molar-refractivity contribution in [3.8, 4) is 0 Å². The van der Waals surface area contributed by atoms with Crippen LogP contribution in [0.25, 0.3) is 0 Å². The topological polar surface area (TPSA) is 74.6 Å². The van der Waals surface area contributed by atoms with Crippen molar-refractivity contribution in [2.24, 2.45) is 0 Å². The summed E-state index contributed by atoms with van der Waals surface area (Å²) in [5, 5.41) is 8.08. The van der Waals surface area contributed by atoms with Gasteiger partial charge in [-0.25, -0.2) is 0 Å². The molecule has 0 aromatic rings. The predicted octanol–water partition coefficient (Wildman–Crippen LogP) is 3.94. The van der Waals surface area contributed by atoms with Gasteiger partial charge in [0.1, 0.15) is 0 Å². The van der Waals surface area contributed by atoms with Crippen LogP contribution in [0.15, 0.2) is 0 Å². The molecule has 0 heterocycles. The van der Waals surface area contributed by atoms with E-state index in [-0.39, 0.29) is 6.61 Å². The SMILES string of the molecule is CCCCCCCCC(CCCCCCO)S(=O)(=O)O. The first-order valence-corrected chi connectivity index (χ1v) is 9.59. The van der Waals surface area contributed by atoms with Crippen molar-refractivity contribution in [2.75, 3.05) is 6.61 Å².